The van der Waals surface area contributed by atoms with Crippen LogP contribution in [0, 0.1) is 0 Å². The molecule has 1 N–H and O–H groups in total. The van der Waals surface area contributed by atoms with Crippen molar-refractivity contribution >= 4 is 25.6 Å². The Morgan fingerprint density at radius 3 is 2.53 bits per heavy atom. The third-order valence-electron chi connectivity index (χ3n) is 7.32. The summed E-state index contributed by atoms with van der Waals surface area (Å²) in [5, 5.41) is 9.67. The summed E-state index contributed by atoms with van der Waals surface area (Å²) in [5.74, 6) is 0.0253. The lowest BCUT2D eigenvalue weighted by molar-refractivity contribution is 0.0315. The molecule has 7 heteroatoms. The highest BCUT2D eigenvalue weighted by Gasteiger charge is 2.39. The summed E-state index contributed by atoms with van der Waals surface area (Å²) >= 11 is 1.37. The first-order valence-electron chi connectivity index (χ1n) is 12.1. The number of nitrogens with zero attached hydrogens (tertiary/aromatic N) is 2. The van der Waals surface area contributed by atoms with Crippen molar-refractivity contribution in [3.05, 3.63) is 64.4 Å². The van der Waals surface area contributed by atoms with E-state index in [4.69, 9.17) is 4.43 Å². The molecule has 1 aromatic heterocycles. The minimum atomic E-state index is -1.98. The maximum atomic E-state index is 11.7. The lowest BCUT2D eigenvalue weighted by Gasteiger charge is -2.47. The van der Waals surface area contributed by atoms with Crippen molar-refractivity contribution in [2.75, 3.05) is 19.6 Å². The van der Waals surface area contributed by atoms with Crippen LogP contribution in [0.5, 0.6) is 5.75 Å². The van der Waals surface area contributed by atoms with E-state index in [-0.39, 0.29) is 11.1 Å². The van der Waals surface area contributed by atoms with Gasteiger partial charge in [-0.2, -0.15) is 0 Å². The van der Waals surface area contributed by atoms with Crippen LogP contribution in [0.4, 0.5) is 0 Å². The van der Waals surface area contributed by atoms with Crippen LogP contribution in [0.25, 0.3) is 0 Å². The quantitative estimate of drug-likeness (QED) is 0.331. The molecule has 1 saturated heterocycles. The molecular weight excluding hydrogens is 460 g/mol. The number of carboxylic acids is 1. The van der Waals surface area contributed by atoms with Crippen LogP contribution < -0.4 is 4.43 Å². The number of thiophene rings is 1. The Bertz CT molecular complexity index is 1010. The number of hydrogen-bond acceptors (Lipinski definition) is 5. The molecule has 34 heavy (non-hydrogen) atoms. The Kier molecular flexibility index (Phi) is 8.13. The molecule has 3 rings (SSSR count). The zero-order valence-electron chi connectivity index (χ0n) is 21.7. The fourth-order valence-corrected chi connectivity index (χ4v) is 6.35. The van der Waals surface area contributed by atoms with Crippen LogP contribution in [-0.2, 0) is 0 Å². The molecule has 1 aromatic carbocycles. The van der Waals surface area contributed by atoms with Crippen LogP contribution in [0.1, 0.15) is 60.8 Å². The molecule has 0 unspecified atom stereocenters. The number of rotatable bonds is 8. The van der Waals surface area contributed by atoms with Crippen molar-refractivity contribution in [3.63, 3.8) is 0 Å². The number of piperazine rings is 1. The lowest BCUT2D eigenvalue weighted by Crippen LogP contribution is -2.57. The molecule has 0 aliphatic carbocycles. The maximum Gasteiger partial charge on any atom is 0.345 e. The Hall–Kier alpha value is -1.93. The van der Waals surface area contributed by atoms with Crippen LogP contribution in [0.3, 0.4) is 0 Å². The molecule has 1 aliphatic heterocycles. The fraction of sp³-hybridized carbons (Fsp3) is 0.519. The van der Waals surface area contributed by atoms with Gasteiger partial charge in [0.15, 0.2) is 0 Å². The summed E-state index contributed by atoms with van der Waals surface area (Å²) in [7, 11) is -1.98. The van der Waals surface area contributed by atoms with Crippen LogP contribution in [0.2, 0.25) is 18.1 Å². The van der Waals surface area contributed by atoms with E-state index in [1.165, 1.54) is 11.3 Å². The number of carboxylic acid groups (broad SMARTS) is 1. The van der Waals surface area contributed by atoms with E-state index >= 15 is 0 Å². The van der Waals surface area contributed by atoms with Gasteiger partial charge < -0.3 is 9.53 Å². The second-order valence-electron chi connectivity index (χ2n) is 11.0. The van der Waals surface area contributed by atoms with Crippen molar-refractivity contribution in [1.82, 2.24) is 9.80 Å². The average molecular weight is 501 g/mol. The van der Waals surface area contributed by atoms with Gasteiger partial charge in [0.25, 0.3) is 0 Å². The van der Waals surface area contributed by atoms with E-state index in [0.717, 1.165) is 35.8 Å². The smallest absolute Gasteiger partial charge is 0.345 e. The van der Waals surface area contributed by atoms with Gasteiger partial charge >= 0.3 is 5.97 Å². The molecule has 5 nitrogen and oxygen atoms in total. The Labute approximate surface area is 210 Å². The third-order valence-corrected chi connectivity index (χ3v) is 12.8. The van der Waals surface area contributed by atoms with E-state index in [9.17, 15) is 9.90 Å². The van der Waals surface area contributed by atoms with Crippen LogP contribution in [-0.4, -0.2) is 60.9 Å². The number of aromatic carboxylic acids is 1. The van der Waals surface area contributed by atoms with Crippen LogP contribution >= 0.6 is 11.3 Å². The van der Waals surface area contributed by atoms with Crippen molar-refractivity contribution in [1.29, 1.82) is 0 Å². The van der Waals surface area contributed by atoms with Crippen molar-refractivity contribution < 1.29 is 14.3 Å². The average Bonchev–Trinajstić information content (AvgIpc) is 3.21. The maximum absolute atomic E-state index is 11.7. The van der Waals surface area contributed by atoms with Crippen molar-refractivity contribution in [2.45, 2.75) is 70.9 Å². The minimum absolute atomic E-state index is 0.0237. The predicted molar refractivity (Wildman–Crippen MR) is 145 cm³/mol. The van der Waals surface area contributed by atoms with E-state index in [1.54, 1.807) is 6.07 Å². The largest absolute Gasteiger partial charge is 0.543 e. The summed E-state index contributed by atoms with van der Waals surface area (Å²) in [4.78, 5) is 18.1. The topological polar surface area (TPSA) is 53.0 Å². The lowest BCUT2D eigenvalue weighted by atomic mass is 9.98. The second-order valence-corrected chi connectivity index (χ2v) is 16.8. The van der Waals surface area contributed by atoms with Gasteiger partial charge in [0.1, 0.15) is 10.6 Å². The highest BCUT2D eigenvalue weighted by Crippen LogP contribution is 2.40. The monoisotopic (exact) mass is 500 g/mol. The molecule has 186 valence electrons. The standard InChI is InChI=1S/C27H40N2O3SSi/c1-9-15-28-17-20(3)29(18-19(28)2)25(23-13-14-24(33-23)26(30)31)21-11-10-12-22(16-21)32-34(7,8)27(4,5)6/h9-14,16,19-20,25H,1,15,17-18H2,2-8H3,(H,30,31)/t19-,20+,25-/m1/s1. The van der Waals surface area contributed by atoms with E-state index in [0.29, 0.717) is 17.0 Å². The fourth-order valence-electron chi connectivity index (χ4n) is 4.33. The summed E-state index contributed by atoms with van der Waals surface area (Å²) in [6, 6.07) is 12.8. The van der Waals surface area contributed by atoms with Gasteiger partial charge in [-0.3, -0.25) is 9.80 Å². The summed E-state index contributed by atoms with van der Waals surface area (Å²) in [5.41, 5.74) is 1.14. The number of benzene rings is 1. The molecule has 0 amide bonds. The summed E-state index contributed by atoms with van der Waals surface area (Å²) in [6.07, 6.45) is 1.97. The zero-order chi connectivity index (χ0) is 25.3. The Morgan fingerprint density at radius 2 is 1.94 bits per heavy atom. The molecule has 2 heterocycles. The van der Waals surface area contributed by atoms with Gasteiger partial charge in [0.2, 0.25) is 8.32 Å². The second kappa shape index (κ2) is 10.4. The number of hydrogen-bond donors (Lipinski definition) is 1. The van der Waals surface area contributed by atoms with Crippen molar-refractivity contribution in [2.24, 2.45) is 0 Å². The third kappa shape index (κ3) is 5.82. The molecule has 3 atom stereocenters. The van der Waals surface area contributed by atoms with Crippen molar-refractivity contribution in [3.8, 4) is 5.75 Å². The molecule has 2 aromatic rings. The molecule has 0 saturated carbocycles. The van der Waals surface area contributed by atoms with E-state index in [2.05, 4.69) is 82.3 Å². The Morgan fingerprint density at radius 1 is 1.24 bits per heavy atom. The highest BCUT2D eigenvalue weighted by atomic mass is 32.1. The minimum Gasteiger partial charge on any atom is -0.543 e. The molecule has 0 radical (unpaired) electrons. The van der Waals surface area contributed by atoms with Gasteiger partial charge in [-0.15, -0.1) is 17.9 Å². The summed E-state index contributed by atoms with van der Waals surface area (Å²) < 4.78 is 6.63. The van der Waals surface area contributed by atoms with E-state index < -0.39 is 14.3 Å². The molecule has 1 aliphatic rings. The molecule has 1 fully saturated rings. The van der Waals surface area contributed by atoms with Gasteiger partial charge in [-0.25, -0.2) is 4.79 Å². The molecular formula is C27H40N2O3SSi. The van der Waals surface area contributed by atoms with Gasteiger partial charge in [-0.1, -0.05) is 39.0 Å². The summed E-state index contributed by atoms with van der Waals surface area (Å²) in [6.45, 7) is 22.4. The van der Waals surface area contributed by atoms with Gasteiger partial charge in [-0.05, 0) is 61.8 Å². The Balaban J connectivity index is 2.01. The highest BCUT2D eigenvalue weighted by molar-refractivity contribution is 7.14. The van der Waals surface area contributed by atoms with Gasteiger partial charge in [0.05, 0.1) is 6.04 Å². The first-order valence-corrected chi connectivity index (χ1v) is 15.8. The van der Waals surface area contributed by atoms with Gasteiger partial charge in [0, 0.05) is 36.6 Å². The SMILES string of the molecule is C=CCN1C[C@H](C)N([C@H](c2cccc(O[Si](C)(C)C(C)(C)C)c2)c2ccc(C(=O)O)s2)C[C@H]1C. The van der Waals surface area contributed by atoms with E-state index in [1.807, 2.05) is 18.2 Å². The zero-order valence-corrected chi connectivity index (χ0v) is 23.5. The normalized spacial score (nSPS) is 21.3. The molecule has 0 bridgehead atoms. The number of carbonyl (C=O) groups is 1. The predicted octanol–water partition coefficient (Wildman–Crippen LogP) is 6.50. The first kappa shape index (κ1) is 26.7. The first-order chi connectivity index (χ1) is 15.8. The molecule has 0 spiro atoms. The van der Waals surface area contributed by atoms with Crippen LogP contribution in [0.15, 0.2) is 49.1 Å².